The first kappa shape index (κ1) is 37.0. The number of nitrogens with one attached hydrogen (secondary N) is 1. The van der Waals surface area contributed by atoms with E-state index in [9.17, 15) is 22.4 Å². The molecule has 16 heteroatoms. The van der Waals surface area contributed by atoms with Gasteiger partial charge in [-0.2, -0.15) is 23.1 Å². The summed E-state index contributed by atoms with van der Waals surface area (Å²) in [5.74, 6) is 3.02. The average Bonchev–Trinajstić information content (AvgIpc) is 3.29. The van der Waals surface area contributed by atoms with Gasteiger partial charge in [-0.05, 0) is 56.5 Å². The summed E-state index contributed by atoms with van der Waals surface area (Å²) < 4.78 is 88.2. The van der Waals surface area contributed by atoms with Gasteiger partial charge in [0, 0.05) is 32.0 Å². The van der Waals surface area contributed by atoms with E-state index in [1.807, 2.05) is 9.80 Å². The Labute approximate surface area is 309 Å². The molecule has 2 aromatic heterocycles. The quantitative estimate of drug-likeness (QED) is 0.186. The maximum atomic E-state index is 15.0. The number of aromatic nitrogens is 3. The molecule has 2 saturated heterocycles. The lowest BCUT2D eigenvalue weighted by atomic mass is 9.99. The number of halogens is 5. The van der Waals surface area contributed by atoms with E-state index in [0.717, 1.165) is 31.5 Å². The van der Waals surface area contributed by atoms with Crippen molar-refractivity contribution in [1.82, 2.24) is 20.3 Å². The fourth-order valence-corrected chi connectivity index (χ4v) is 7.78. The van der Waals surface area contributed by atoms with Gasteiger partial charge in [-0.25, -0.2) is 13.8 Å². The molecule has 7 rings (SSSR count). The molecule has 1 aromatic carbocycles. The SMILES string of the molecule is C#Cc1c(F)ccc2c1N([C@H]1COc3c(nc(OC[C@]4(C)C[C@@H](F)CN4c4ccc(C(F)(F)F)nc4)nc3N3CCCCC(NC(=O)C=C)C3)C1)CCO2. The molecule has 1 unspecified atom stereocenters. The second-order valence-corrected chi connectivity index (χ2v) is 14.2. The number of carbonyl (C=O) groups excluding carboxylic acids is 1. The summed E-state index contributed by atoms with van der Waals surface area (Å²) in [6.45, 7) is 7.18. The molecule has 54 heavy (non-hydrogen) atoms. The lowest BCUT2D eigenvalue weighted by Crippen LogP contribution is -2.48. The monoisotopic (exact) mass is 753 g/mol. The number of pyridine rings is 1. The number of amides is 1. The average molecular weight is 754 g/mol. The largest absolute Gasteiger partial charge is 0.490 e. The molecule has 0 radical (unpaired) electrons. The lowest BCUT2D eigenvalue weighted by molar-refractivity contribution is -0.141. The molecule has 286 valence electrons. The Hall–Kier alpha value is -5.33. The number of fused-ring (bicyclic) bond motifs is 2. The van der Waals surface area contributed by atoms with Crippen molar-refractivity contribution in [1.29, 1.82) is 0 Å². The highest BCUT2D eigenvalue weighted by Crippen LogP contribution is 2.42. The summed E-state index contributed by atoms with van der Waals surface area (Å²) in [5.41, 5.74) is -0.633. The molecule has 4 aliphatic rings. The summed E-state index contributed by atoms with van der Waals surface area (Å²) in [4.78, 5) is 31.1. The molecule has 3 aromatic rings. The molecule has 0 aliphatic carbocycles. The topological polar surface area (TPSA) is 105 Å². The van der Waals surface area contributed by atoms with Crippen molar-refractivity contribution >= 4 is 23.1 Å². The molecule has 1 N–H and O–H groups in total. The normalized spacial score (nSPS) is 23.9. The zero-order valence-electron chi connectivity index (χ0n) is 29.7. The fourth-order valence-electron chi connectivity index (χ4n) is 7.78. The Kier molecular flexibility index (Phi) is 10.2. The molecule has 2 fully saturated rings. The number of alkyl halides is 4. The standard InChI is InChI=1S/C38H40F5N7O4/c1-4-27-28(40)10-11-30-33(27)49(14-15-52-30)26-16-29-34(53-21-26)35(48-13-7-6-8-24(20-48)45-32(51)5-2)47-36(46-29)54-22-37(3)17-23(39)19-50(37)25-9-12-31(44-18-25)38(41,42)43/h1,5,9-12,18,23-24,26H,2,6-8,13-17,19-22H2,3H3,(H,45,51)/t23-,24?,26-,37+/m1/s1. The zero-order valence-corrected chi connectivity index (χ0v) is 29.7. The van der Waals surface area contributed by atoms with Crippen molar-refractivity contribution in [3.05, 3.63) is 65.9 Å². The highest BCUT2D eigenvalue weighted by molar-refractivity contribution is 5.87. The molecule has 6 heterocycles. The van der Waals surface area contributed by atoms with E-state index >= 15 is 4.39 Å². The first-order valence-electron chi connectivity index (χ1n) is 17.8. The van der Waals surface area contributed by atoms with Crippen molar-refractivity contribution in [3.63, 3.8) is 0 Å². The number of terminal acetylenes is 1. The Morgan fingerprint density at radius 3 is 2.76 bits per heavy atom. The number of hydrogen-bond acceptors (Lipinski definition) is 10. The molecule has 0 bridgehead atoms. The van der Waals surface area contributed by atoms with Gasteiger partial charge in [0.2, 0.25) is 5.91 Å². The Morgan fingerprint density at radius 2 is 2.02 bits per heavy atom. The predicted octanol–water partition coefficient (Wildman–Crippen LogP) is 5.26. The summed E-state index contributed by atoms with van der Waals surface area (Å²) in [7, 11) is 0. The second kappa shape index (κ2) is 14.8. The third-order valence-corrected chi connectivity index (χ3v) is 10.4. The molecular weight excluding hydrogens is 713 g/mol. The van der Waals surface area contributed by atoms with E-state index in [2.05, 4.69) is 22.8 Å². The number of ether oxygens (including phenoxy) is 3. The van der Waals surface area contributed by atoms with E-state index in [1.165, 1.54) is 18.2 Å². The van der Waals surface area contributed by atoms with Crippen molar-refractivity contribution < 1.29 is 41.0 Å². The highest BCUT2D eigenvalue weighted by atomic mass is 19.4. The minimum atomic E-state index is -4.61. The number of benzene rings is 1. The van der Waals surface area contributed by atoms with E-state index in [-0.39, 0.29) is 55.7 Å². The van der Waals surface area contributed by atoms with Crippen molar-refractivity contribution in [2.75, 3.05) is 60.7 Å². The van der Waals surface area contributed by atoms with Crippen molar-refractivity contribution in [3.8, 4) is 29.9 Å². The molecule has 4 atom stereocenters. The van der Waals surface area contributed by atoms with Crippen LogP contribution in [0.25, 0.3) is 0 Å². The van der Waals surface area contributed by atoms with Crippen LogP contribution in [-0.4, -0.2) is 90.7 Å². The van der Waals surface area contributed by atoms with Gasteiger partial charge in [-0.3, -0.25) is 4.79 Å². The summed E-state index contributed by atoms with van der Waals surface area (Å²) in [6, 6.07) is 4.46. The maximum absolute atomic E-state index is 15.0. The number of rotatable bonds is 8. The van der Waals surface area contributed by atoms with Gasteiger partial charge in [-0.15, -0.1) is 6.42 Å². The van der Waals surface area contributed by atoms with Crippen LogP contribution in [-0.2, 0) is 17.4 Å². The van der Waals surface area contributed by atoms with Crippen LogP contribution in [0.2, 0.25) is 0 Å². The van der Waals surface area contributed by atoms with Gasteiger partial charge in [-0.1, -0.05) is 12.5 Å². The zero-order chi connectivity index (χ0) is 38.2. The number of nitrogens with zero attached hydrogens (tertiary/aromatic N) is 6. The van der Waals surface area contributed by atoms with Gasteiger partial charge in [0.1, 0.15) is 43.3 Å². The highest BCUT2D eigenvalue weighted by Gasteiger charge is 2.44. The van der Waals surface area contributed by atoms with E-state index in [1.54, 1.807) is 17.9 Å². The van der Waals surface area contributed by atoms with Crippen LogP contribution >= 0.6 is 0 Å². The molecule has 4 aliphatic heterocycles. The molecular formula is C38H40F5N7O4. The summed E-state index contributed by atoms with van der Waals surface area (Å²) >= 11 is 0. The Bertz CT molecular complexity index is 1940. The van der Waals surface area contributed by atoms with Crippen LogP contribution in [0.4, 0.5) is 39.1 Å². The van der Waals surface area contributed by atoms with Crippen LogP contribution in [0.1, 0.15) is 49.6 Å². The third kappa shape index (κ3) is 7.40. The first-order chi connectivity index (χ1) is 25.9. The van der Waals surface area contributed by atoms with E-state index in [4.69, 9.17) is 30.6 Å². The van der Waals surface area contributed by atoms with Crippen LogP contribution < -0.4 is 34.2 Å². The van der Waals surface area contributed by atoms with Crippen LogP contribution in [0.15, 0.2) is 43.1 Å². The number of carbonyl (C=O) groups is 1. The summed E-state index contributed by atoms with van der Waals surface area (Å²) in [5, 5.41) is 2.99. The maximum Gasteiger partial charge on any atom is 0.433 e. The van der Waals surface area contributed by atoms with Crippen LogP contribution in [0.5, 0.6) is 17.5 Å². The third-order valence-electron chi connectivity index (χ3n) is 10.4. The summed E-state index contributed by atoms with van der Waals surface area (Å²) in [6.07, 6.45) is 4.99. The Balaban J connectivity index is 1.21. The molecule has 0 spiro atoms. The van der Waals surface area contributed by atoms with Crippen LogP contribution in [0.3, 0.4) is 0 Å². The number of anilines is 3. The van der Waals surface area contributed by atoms with Gasteiger partial charge in [0.25, 0.3) is 0 Å². The van der Waals surface area contributed by atoms with Crippen LogP contribution in [0, 0.1) is 18.2 Å². The van der Waals surface area contributed by atoms with Gasteiger partial charge in [0.15, 0.2) is 11.6 Å². The van der Waals surface area contributed by atoms with Crippen molar-refractivity contribution in [2.45, 2.75) is 69.0 Å². The van der Waals surface area contributed by atoms with Gasteiger partial charge < -0.3 is 34.2 Å². The van der Waals surface area contributed by atoms with Crippen molar-refractivity contribution in [2.24, 2.45) is 0 Å². The van der Waals surface area contributed by atoms with Gasteiger partial charge in [0.05, 0.1) is 53.5 Å². The van der Waals surface area contributed by atoms with Gasteiger partial charge >= 0.3 is 12.2 Å². The van der Waals surface area contributed by atoms with E-state index in [0.29, 0.717) is 67.0 Å². The smallest absolute Gasteiger partial charge is 0.433 e. The van der Waals surface area contributed by atoms with E-state index < -0.39 is 29.4 Å². The lowest BCUT2D eigenvalue weighted by Gasteiger charge is -2.40. The number of hydrogen-bond donors (Lipinski definition) is 1. The second-order valence-electron chi connectivity index (χ2n) is 14.2. The predicted molar refractivity (Wildman–Crippen MR) is 190 cm³/mol. The molecule has 0 saturated carbocycles. The Morgan fingerprint density at radius 1 is 1.19 bits per heavy atom. The molecule has 1 amide bonds. The minimum Gasteiger partial charge on any atom is -0.490 e. The molecule has 11 nitrogen and oxygen atoms in total. The fraction of sp³-hybridized carbons (Fsp3) is 0.474. The first-order valence-corrected chi connectivity index (χ1v) is 17.8. The minimum absolute atomic E-state index is 0.00399.